The Labute approximate surface area is 308 Å². The third-order valence-electron chi connectivity index (χ3n) is 9.30. The first-order valence-electron chi connectivity index (χ1n) is 17.0. The van der Waals surface area contributed by atoms with Crippen LogP contribution in [-0.4, -0.2) is 170 Å². The van der Waals surface area contributed by atoms with E-state index in [1.54, 1.807) is 0 Å². The summed E-state index contributed by atoms with van der Waals surface area (Å²) < 4.78 is 45.3. The number of aromatic hydroxyl groups is 3. The van der Waals surface area contributed by atoms with Crippen LogP contribution in [0.1, 0.15) is 18.1 Å². The lowest BCUT2D eigenvalue weighted by Crippen LogP contribution is -2.63. The van der Waals surface area contributed by atoms with E-state index in [0.29, 0.717) is 11.1 Å². The van der Waals surface area contributed by atoms with Gasteiger partial charge in [-0.15, -0.1) is 0 Å². The normalized spacial score (nSPS) is 35.6. The molecule has 3 saturated heterocycles. The van der Waals surface area contributed by atoms with Crippen molar-refractivity contribution in [2.24, 2.45) is 0 Å². The number of ether oxygens (including phenoxy) is 8. The van der Waals surface area contributed by atoms with E-state index in [4.69, 9.17) is 37.9 Å². The van der Waals surface area contributed by atoms with Crippen LogP contribution in [0, 0.1) is 0 Å². The molecule has 54 heavy (non-hydrogen) atoms. The Bertz CT molecular complexity index is 1590. The summed E-state index contributed by atoms with van der Waals surface area (Å²) in [6.07, 6.45) is -16.4. The molecule has 0 bridgehead atoms. The predicted octanol–water partition coefficient (Wildman–Crippen LogP) is -2.25. The molecule has 3 fully saturated rings. The van der Waals surface area contributed by atoms with E-state index in [1.165, 1.54) is 56.5 Å². The van der Waals surface area contributed by atoms with Crippen LogP contribution in [0.15, 0.2) is 42.5 Å². The van der Waals surface area contributed by atoms with Crippen molar-refractivity contribution in [3.05, 3.63) is 53.6 Å². The second kappa shape index (κ2) is 17.9. The molecule has 0 unspecified atom stereocenters. The van der Waals surface area contributed by atoms with E-state index in [1.807, 2.05) is 0 Å². The first kappa shape index (κ1) is 41.5. The van der Waals surface area contributed by atoms with Gasteiger partial charge in [-0.2, -0.15) is 0 Å². The largest absolute Gasteiger partial charge is 0.504 e. The quantitative estimate of drug-likeness (QED) is 0.0552. The minimum Gasteiger partial charge on any atom is -0.504 e. The summed E-state index contributed by atoms with van der Waals surface area (Å²) >= 11 is 0. The summed E-state index contributed by atoms with van der Waals surface area (Å²) in [5.74, 6) is -1.72. The first-order chi connectivity index (χ1) is 25.6. The lowest BCUT2D eigenvalue weighted by molar-refractivity contribution is -0.344. The van der Waals surface area contributed by atoms with Gasteiger partial charge >= 0.3 is 5.97 Å². The number of hydrogen-bond acceptors (Lipinski definition) is 19. The van der Waals surface area contributed by atoms with E-state index >= 15 is 0 Å². The van der Waals surface area contributed by atoms with Gasteiger partial charge in [-0.05, 0) is 54.8 Å². The van der Waals surface area contributed by atoms with Gasteiger partial charge in [0.15, 0.2) is 48.0 Å². The monoisotopic (exact) mass is 770 g/mol. The van der Waals surface area contributed by atoms with Crippen LogP contribution >= 0.6 is 0 Å². The molecule has 13 atom stereocenters. The number of phenols is 3. The Hall–Kier alpha value is -3.67. The highest BCUT2D eigenvalue weighted by atomic mass is 16.8. The van der Waals surface area contributed by atoms with Crippen molar-refractivity contribution in [3.8, 4) is 23.0 Å². The number of esters is 1. The Morgan fingerprint density at radius 1 is 0.870 bits per heavy atom. The molecular formula is C35H46O19. The third kappa shape index (κ3) is 9.40. The lowest BCUT2D eigenvalue weighted by atomic mass is 9.97. The molecule has 0 spiro atoms. The second-order valence-electron chi connectivity index (χ2n) is 13.1. The Balaban J connectivity index is 1.42. The number of carbonyl (C=O) groups is 1. The number of carbonyl (C=O) groups excluding carboxylic acids is 1. The van der Waals surface area contributed by atoms with Gasteiger partial charge in [-0.3, -0.25) is 0 Å². The summed E-state index contributed by atoms with van der Waals surface area (Å²) in [6, 6.07) is 8.38. The maximum absolute atomic E-state index is 13.3. The Kier molecular flexibility index (Phi) is 13.7. The molecule has 0 aromatic heterocycles. The third-order valence-corrected chi connectivity index (χ3v) is 9.30. The van der Waals surface area contributed by atoms with Gasteiger partial charge < -0.3 is 89.0 Å². The van der Waals surface area contributed by atoms with Gasteiger partial charge in [0.25, 0.3) is 0 Å². The van der Waals surface area contributed by atoms with Crippen LogP contribution in [0.25, 0.3) is 6.08 Å². The van der Waals surface area contributed by atoms with Crippen LogP contribution in [0.5, 0.6) is 23.0 Å². The van der Waals surface area contributed by atoms with Crippen LogP contribution in [-0.2, 0) is 44.4 Å². The number of aliphatic hydroxyl groups excluding tert-OH is 6. The van der Waals surface area contributed by atoms with Crippen molar-refractivity contribution in [1.82, 2.24) is 0 Å². The average Bonchev–Trinajstić information content (AvgIpc) is 3.44. The summed E-state index contributed by atoms with van der Waals surface area (Å²) in [5.41, 5.74) is -1.17. The van der Waals surface area contributed by atoms with E-state index in [2.05, 4.69) is 0 Å². The molecule has 5 rings (SSSR count). The van der Waals surface area contributed by atoms with Crippen molar-refractivity contribution in [2.75, 3.05) is 33.5 Å². The summed E-state index contributed by atoms with van der Waals surface area (Å²) in [6.45, 7) is -0.762. The standard InChI is InChI=1S/C35H46O19/c1-16-25(41)26(42)27(43)32(51-16)49-13-23-29(53-24(40)8-5-17-4-7-20(38)22(12-17)47-2)30(54-34-31(45)35(46,14-36)15-50-34)28(44)33(52-23)48-10-9-18-3-6-19(37)21(39)11-18/h3-8,11-12,16,23,25-34,36-39,41-46H,9-10,13-15H2,1-2H3/b8-5+/t16-,23+,25-,26+,27+,28+,29+,30+,31-,32+,33+,34-,35+/m0/s1. The van der Waals surface area contributed by atoms with Crippen LogP contribution in [0.3, 0.4) is 0 Å². The summed E-state index contributed by atoms with van der Waals surface area (Å²) in [5, 5.41) is 103. The molecule has 0 aliphatic carbocycles. The second-order valence-corrected chi connectivity index (χ2v) is 13.1. The molecule has 2 aromatic carbocycles. The van der Waals surface area contributed by atoms with Gasteiger partial charge in [0, 0.05) is 6.08 Å². The van der Waals surface area contributed by atoms with Gasteiger partial charge in [0.2, 0.25) is 0 Å². The molecule has 0 saturated carbocycles. The zero-order valence-corrected chi connectivity index (χ0v) is 29.2. The number of hydrogen-bond donors (Lipinski definition) is 10. The topological polar surface area (TPSA) is 293 Å². The van der Waals surface area contributed by atoms with Gasteiger partial charge in [0.1, 0.15) is 48.3 Å². The Morgan fingerprint density at radius 3 is 2.28 bits per heavy atom. The van der Waals surface area contributed by atoms with Crippen LogP contribution < -0.4 is 4.74 Å². The van der Waals surface area contributed by atoms with Crippen LogP contribution in [0.4, 0.5) is 0 Å². The van der Waals surface area contributed by atoms with Crippen molar-refractivity contribution >= 4 is 12.0 Å². The predicted molar refractivity (Wildman–Crippen MR) is 179 cm³/mol. The highest BCUT2D eigenvalue weighted by Gasteiger charge is 2.55. The zero-order valence-electron chi connectivity index (χ0n) is 29.2. The molecule has 3 aliphatic heterocycles. The number of aliphatic hydroxyl groups is 7. The van der Waals surface area contributed by atoms with Gasteiger partial charge in [-0.1, -0.05) is 12.1 Å². The highest BCUT2D eigenvalue weighted by molar-refractivity contribution is 5.87. The maximum atomic E-state index is 13.3. The molecule has 0 radical (unpaired) electrons. The average molecular weight is 771 g/mol. The molecule has 2 aromatic rings. The van der Waals surface area contributed by atoms with E-state index in [-0.39, 0.29) is 36.0 Å². The fourth-order valence-corrected chi connectivity index (χ4v) is 6.02. The number of benzene rings is 2. The van der Waals surface area contributed by atoms with E-state index in [9.17, 15) is 55.9 Å². The molecule has 19 heteroatoms. The number of rotatable bonds is 14. The molecule has 10 N–H and O–H groups in total. The molecule has 19 nitrogen and oxygen atoms in total. The van der Waals surface area contributed by atoms with E-state index < -0.39 is 105 Å². The molecule has 300 valence electrons. The SMILES string of the molecule is COc1cc(/C=C/C(=O)O[C@H]2[C@H](O[C@@H]3OC[C@](O)(CO)[C@H]3O)[C@@H](O)[C@H](OCCc3ccc(O)c(O)c3)O[C@@H]2CO[C@@H]2O[C@@H](C)[C@H](O)[C@@H](O)[C@H]2O)ccc1O. The lowest BCUT2D eigenvalue weighted by Gasteiger charge is -2.45. The minimum atomic E-state index is -2.13. The minimum absolute atomic E-state index is 0.130. The van der Waals surface area contributed by atoms with Crippen molar-refractivity contribution in [2.45, 2.75) is 92.8 Å². The van der Waals surface area contributed by atoms with Crippen molar-refractivity contribution in [3.63, 3.8) is 0 Å². The van der Waals surface area contributed by atoms with Crippen LogP contribution in [0.2, 0.25) is 0 Å². The molecule has 3 aliphatic rings. The van der Waals surface area contributed by atoms with Gasteiger partial charge in [-0.25, -0.2) is 4.79 Å². The Morgan fingerprint density at radius 2 is 1.59 bits per heavy atom. The maximum Gasteiger partial charge on any atom is 0.331 e. The molecular weight excluding hydrogens is 724 g/mol. The first-order valence-corrected chi connectivity index (χ1v) is 17.0. The highest BCUT2D eigenvalue weighted by Crippen LogP contribution is 2.34. The summed E-state index contributed by atoms with van der Waals surface area (Å²) in [4.78, 5) is 13.3. The molecule has 0 amide bonds. The fraction of sp³-hybridized carbons (Fsp3) is 0.571. The van der Waals surface area contributed by atoms with Crippen molar-refractivity contribution in [1.29, 1.82) is 0 Å². The number of phenolic OH excluding ortho intramolecular Hbond substituents is 3. The fourth-order valence-electron chi connectivity index (χ4n) is 6.02. The zero-order chi connectivity index (χ0) is 39.3. The van der Waals surface area contributed by atoms with Gasteiger partial charge in [0.05, 0.1) is 39.6 Å². The molecule has 3 heterocycles. The summed E-state index contributed by atoms with van der Waals surface area (Å²) in [7, 11) is 1.34. The smallest absolute Gasteiger partial charge is 0.331 e. The number of methoxy groups -OCH3 is 1. The van der Waals surface area contributed by atoms with Crippen molar-refractivity contribution < 1.29 is 93.8 Å². The van der Waals surface area contributed by atoms with E-state index in [0.717, 1.165) is 6.08 Å².